The van der Waals surface area contributed by atoms with Crippen molar-refractivity contribution in [1.82, 2.24) is 16.0 Å². The van der Waals surface area contributed by atoms with Crippen LogP contribution in [0.5, 0.6) is 0 Å². The molecule has 0 aromatic rings. The van der Waals surface area contributed by atoms with Crippen molar-refractivity contribution < 1.29 is 34.2 Å². The summed E-state index contributed by atoms with van der Waals surface area (Å²) in [4.78, 5) is 59.6. The van der Waals surface area contributed by atoms with Gasteiger partial charge in [0.15, 0.2) is 0 Å². The molecule has 9 N–H and O–H groups in total. The first-order chi connectivity index (χ1) is 15.0. The lowest BCUT2D eigenvalue weighted by Crippen LogP contribution is -2.57. The van der Waals surface area contributed by atoms with E-state index in [1.807, 2.05) is 6.26 Å². The van der Waals surface area contributed by atoms with Gasteiger partial charge in [-0.15, -0.1) is 0 Å². The van der Waals surface area contributed by atoms with Gasteiger partial charge in [0.1, 0.15) is 18.1 Å². The number of carboxylic acids is 2. The van der Waals surface area contributed by atoms with Crippen LogP contribution in [0.3, 0.4) is 0 Å². The normalized spacial score (nSPS) is 14.5. The molecule has 0 rings (SSSR count). The fraction of sp³-hybridized carbons (Fsp3) is 0.737. The molecule has 12 nitrogen and oxygen atoms in total. The predicted octanol–water partition coefficient (Wildman–Crippen LogP) is -1.38. The van der Waals surface area contributed by atoms with Crippen LogP contribution in [0.2, 0.25) is 0 Å². The summed E-state index contributed by atoms with van der Waals surface area (Å²) in [6.07, 6.45) is 2.89. The number of hydrogen-bond donors (Lipinski definition) is 7. The lowest BCUT2D eigenvalue weighted by molar-refractivity contribution is -0.141. The summed E-state index contributed by atoms with van der Waals surface area (Å²) in [6, 6.07) is -4.35. The molecule has 0 bridgehead atoms. The van der Waals surface area contributed by atoms with Crippen LogP contribution in [-0.2, 0) is 24.0 Å². The van der Waals surface area contributed by atoms with Gasteiger partial charge in [0.2, 0.25) is 17.7 Å². The molecule has 4 unspecified atom stereocenters. The van der Waals surface area contributed by atoms with E-state index in [1.54, 1.807) is 0 Å². The van der Waals surface area contributed by atoms with Crippen molar-refractivity contribution in [3.05, 3.63) is 0 Å². The highest BCUT2D eigenvalue weighted by atomic mass is 32.2. The van der Waals surface area contributed by atoms with Gasteiger partial charge < -0.3 is 37.6 Å². The number of unbranched alkanes of at least 4 members (excludes halogenated alkanes) is 1. The van der Waals surface area contributed by atoms with E-state index in [4.69, 9.17) is 21.7 Å². The fourth-order valence-corrected chi connectivity index (χ4v) is 3.09. The smallest absolute Gasteiger partial charge is 0.325 e. The Bertz CT molecular complexity index is 650. The molecular formula is C19H35N5O7S. The number of hydrogen-bond acceptors (Lipinski definition) is 8. The van der Waals surface area contributed by atoms with Crippen LogP contribution in [-0.4, -0.2) is 82.6 Å². The van der Waals surface area contributed by atoms with Gasteiger partial charge >= 0.3 is 11.9 Å². The van der Waals surface area contributed by atoms with Crippen molar-refractivity contribution in [2.45, 2.75) is 69.6 Å². The van der Waals surface area contributed by atoms with E-state index in [0.717, 1.165) is 0 Å². The Hall–Kier alpha value is -2.38. The predicted molar refractivity (Wildman–Crippen MR) is 120 cm³/mol. The van der Waals surface area contributed by atoms with Gasteiger partial charge in [0.25, 0.3) is 0 Å². The van der Waals surface area contributed by atoms with Gasteiger partial charge in [0.05, 0.1) is 6.04 Å². The van der Waals surface area contributed by atoms with Crippen molar-refractivity contribution in [3.8, 4) is 0 Å². The minimum absolute atomic E-state index is 0.188. The van der Waals surface area contributed by atoms with Gasteiger partial charge in [-0.3, -0.25) is 24.0 Å². The highest BCUT2D eigenvalue weighted by molar-refractivity contribution is 7.98. The second kappa shape index (κ2) is 16.3. The molecule has 0 aliphatic rings. The second-order valence-electron chi connectivity index (χ2n) is 7.30. The van der Waals surface area contributed by atoms with Crippen molar-refractivity contribution in [2.24, 2.45) is 11.5 Å². The first-order valence-electron chi connectivity index (χ1n) is 10.3. The summed E-state index contributed by atoms with van der Waals surface area (Å²) in [5, 5.41) is 25.2. The van der Waals surface area contributed by atoms with E-state index in [-0.39, 0.29) is 12.8 Å². The maximum atomic E-state index is 12.8. The minimum atomic E-state index is -1.24. The van der Waals surface area contributed by atoms with E-state index in [1.165, 1.54) is 18.7 Å². The van der Waals surface area contributed by atoms with Gasteiger partial charge in [-0.25, -0.2) is 0 Å². The molecule has 0 heterocycles. The SMILES string of the molecule is CSCCC(N)C(=O)NC(CCC(=O)O)C(=O)NC(CCCCN)C(=O)NC(C)C(=O)O. The maximum Gasteiger partial charge on any atom is 0.325 e. The molecule has 13 heteroatoms. The number of carbonyl (C=O) groups is 5. The van der Waals surface area contributed by atoms with Crippen LogP contribution >= 0.6 is 11.8 Å². The van der Waals surface area contributed by atoms with E-state index in [9.17, 15) is 24.0 Å². The molecule has 4 atom stereocenters. The zero-order valence-electron chi connectivity index (χ0n) is 18.5. The Kier molecular flexibility index (Phi) is 15.1. The lowest BCUT2D eigenvalue weighted by Gasteiger charge is -2.24. The maximum absolute atomic E-state index is 12.8. The third kappa shape index (κ3) is 12.5. The summed E-state index contributed by atoms with van der Waals surface area (Å²) >= 11 is 1.50. The van der Waals surface area contributed by atoms with E-state index in [2.05, 4.69) is 16.0 Å². The lowest BCUT2D eigenvalue weighted by atomic mass is 10.1. The van der Waals surface area contributed by atoms with Crippen LogP contribution in [0.25, 0.3) is 0 Å². The Labute approximate surface area is 191 Å². The average Bonchev–Trinajstić information content (AvgIpc) is 2.73. The molecule has 184 valence electrons. The minimum Gasteiger partial charge on any atom is -0.481 e. The first-order valence-corrected chi connectivity index (χ1v) is 11.7. The number of nitrogens with two attached hydrogens (primary N) is 2. The van der Waals surface area contributed by atoms with Crippen molar-refractivity contribution >= 4 is 41.4 Å². The van der Waals surface area contributed by atoms with Gasteiger partial charge in [-0.1, -0.05) is 0 Å². The van der Waals surface area contributed by atoms with E-state index in [0.29, 0.717) is 31.6 Å². The molecule has 0 aliphatic carbocycles. The van der Waals surface area contributed by atoms with Gasteiger partial charge in [-0.05, 0) is 57.6 Å². The van der Waals surface area contributed by atoms with Crippen LogP contribution in [0.15, 0.2) is 0 Å². The molecule has 3 amide bonds. The quantitative estimate of drug-likeness (QED) is 0.122. The monoisotopic (exact) mass is 477 g/mol. The topological polar surface area (TPSA) is 214 Å². The second-order valence-corrected chi connectivity index (χ2v) is 8.28. The molecule has 0 saturated heterocycles. The number of thioether (sulfide) groups is 1. The molecule has 0 saturated carbocycles. The number of carbonyl (C=O) groups excluding carboxylic acids is 3. The molecular weight excluding hydrogens is 442 g/mol. The van der Waals surface area contributed by atoms with Crippen LogP contribution < -0.4 is 27.4 Å². The average molecular weight is 478 g/mol. The fourth-order valence-electron chi connectivity index (χ4n) is 2.60. The molecule has 0 radical (unpaired) electrons. The Morgan fingerprint density at radius 2 is 1.44 bits per heavy atom. The van der Waals surface area contributed by atoms with Crippen molar-refractivity contribution in [2.75, 3.05) is 18.6 Å². The molecule has 0 aromatic heterocycles. The van der Waals surface area contributed by atoms with Crippen LogP contribution in [0.4, 0.5) is 0 Å². The Morgan fingerprint density at radius 3 is 1.97 bits per heavy atom. The van der Waals surface area contributed by atoms with Crippen molar-refractivity contribution in [1.29, 1.82) is 0 Å². The molecule has 32 heavy (non-hydrogen) atoms. The highest BCUT2D eigenvalue weighted by Crippen LogP contribution is 2.06. The van der Waals surface area contributed by atoms with E-state index >= 15 is 0 Å². The highest BCUT2D eigenvalue weighted by Gasteiger charge is 2.29. The van der Waals surface area contributed by atoms with E-state index < -0.39 is 60.2 Å². The third-order valence-electron chi connectivity index (χ3n) is 4.56. The third-order valence-corrected chi connectivity index (χ3v) is 5.20. The van der Waals surface area contributed by atoms with Crippen LogP contribution in [0, 0.1) is 0 Å². The number of nitrogens with one attached hydrogen (secondary N) is 3. The van der Waals surface area contributed by atoms with Crippen LogP contribution in [0.1, 0.15) is 45.4 Å². The summed E-state index contributed by atoms with van der Waals surface area (Å²) in [6.45, 7) is 1.66. The summed E-state index contributed by atoms with van der Waals surface area (Å²) in [7, 11) is 0. The van der Waals surface area contributed by atoms with Gasteiger partial charge in [0, 0.05) is 6.42 Å². The standard InChI is InChI=1S/C19H35N5O7S/c1-11(19(30)31)22-17(28)13(5-3-4-9-20)24-18(29)14(6-7-15(25)26)23-16(27)12(21)8-10-32-2/h11-14H,3-10,20-21H2,1-2H3,(H,22,28)(H,23,27)(H,24,29)(H,25,26)(H,30,31). The Balaban J connectivity index is 5.35. The number of carboxylic acid groups (broad SMARTS) is 2. The number of aliphatic carboxylic acids is 2. The van der Waals surface area contributed by atoms with Crippen molar-refractivity contribution in [3.63, 3.8) is 0 Å². The zero-order chi connectivity index (χ0) is 24.7. The summed E-state index contributed by atoms with van der Waals surface area (Å²) < 4.78 is 0. The zero-order valence-corrected chi connectivity index (χ0v) is 19.3. The largest absolute Gasteiger partial charge is 0.481 e. The molecule has 0 spiro atoms. The molecule has 0 aromatic carbocycles. The molecule has 0 aliphatic heterocycles. The van der Waals surface area contributed by atoms with Gasteiger partial charge in [-0.2, -0.15) is 11.8 Å². The molecule has 0 fully saturated rings. The Morgan fingerprint density at radius 1 is 0.875 bits per heavy atom. The number of amides is 3. The number of rotatable bonds is 17. The summed E-state index contributed by atoms with van der Waals surface area (Å²) in [5.74, 6) is -3.83. The first kappa shape index (κ1) is 29.6. The summed E-state index contributed by atoms with van der Waals surface area (Å²) in [5.41, 5.74) is 11.3.